The summed E-state index contributed by atoms with van der Waals surface area (Å²) in [7, 11) is 0. The molecule has 0 heterocycles. The average molecular weight is 555 g/mol. The first-order valence-corrected chi connectivity index (χ1v) is 14.8. The van der Waals surface area contributed by atoms with E-state index < -0.39 is 0 Å². The first-order chi connectivity index (χ1) is 21.2. The molecule has 43 heavy (non-hydrogen) atoms. The zero-order valence-electron chi connectivity index (χ0n) is 24.4. The molecule has 0 amide bonds. The summed E-state index contributed by atoms with van der Waals surface area (Å²) in [6, 6.07) is 55.0. The van der Waals surface area contributed by atoms with Crippen LogP contribution in [-0.4, -0.2) is 18.0 Å². The number of aliphatic imine (C=N–C) groups is 1. The molecule has 0 spiro atoms. The molecule has 0 radical (unpaired) electrons. The van der Waals surface area contributed by atoms with Gasteiger partial charge in [-0.25, -0.2) is 0 Å². The van der Waals surface area contributed by atoms with Crippen molar-refractivity contribution in [3.05, 3.63) is 169 Å². The van der Waals surface area contributed by atoms with Crippen molar-refractivity contribution >= 4 is 11.4 Å². The van der Waals surface area contributed by atoms with E-state index in [2.05, 4.69) is 140 Å². The Morgan fingerprint density at radius 1 is 0.442 bits per heavy atom. The largest absolute Gasteiger partial charge is 0.304 e. The summed E-state index contributed by atoms with van der Waals surface area (Å²) in [4.78, 5) is 4.97. The quantitative estimate of drug-likeness (QED) is 0.173. The van der Waals surface area contributed by atoms with Crippen LogP contribution < -0.4 is 0 Å². The second-order valence-corrected chi connectivity index (χ2v) is 10.6. The van der Waals surface area contributed by atoms with Crippen molar-refractivity contribution < 1.29 is 0 Å². The number of nitrogens with one attached hydrogen (secondary N) is 1. The minimum absolute atomic E-state index is 0.437. The maximum absolute atomic E-state index is 9.36. The van der Waals surface area contributed by atoms with Gasteiger partial charge in [-0.1, -0.05) is 121 Å². The fraction of sp³-hybridized carbons (Fsp3) is 0.0732. The van der Waals surface area contributed by atoms with E-state index in [1.165, 1.54) is 0 Å². The lowest BCUT2D eigenvalue weighted by atomic mass is 9.90. The van der Waals surface area contributed by atoms with Crippen LogP contribution in [0.25, 0.3) is 44.5 Å². The molecule has 0 atom stereocenters. The number of hydrogen-bond acceptors (Lipinski definition) is 2. The smallest absolute Gasteiger partial charge is 0.0480 e. The topological polar surface area (TPSA) is 36.2 Å². The van der Waals surface area contributed by atoms with Crippen LogP contribution in [0.3, 0.4) is 0 Å². The number of hydrogen-bond donors (Lipinski definition) is 1. The molecular weight excluding hydrogens is 520 g/mol. The molecular formula is C41H34N2. The van der Waals surface area contributed by atoms with Crippen LogP contribution in [-0.2, 0) is 0 Å². The molecule has 0 saturated heterocycles. The van der Waals surface area contributed by atoms with E-state index in [9.17, 15) is 5.41 Å². The van der Waals surface area contributed by atoms with Gasteiger partial charge in [-0.3, -0.25) is 4.99 Å². The van der Waals surface area contributed by atoms with Gasteiger partial charge in [0.05, 0.1) is 0 Å². The third kappa shape index (κ3) is 6.60. The van der Waals surface area contributed by atoms with E-state index in [1.54, 1.807) is 0 Å². The summed E-state index contributed by atoms with van der Waals surface area (Å²) in [5.41, 5.74) is 12.5. The van der Waals surface area contributed by atoms with Gasteiger partial charge in [-0.15, -0.1) is 0 Å². The van der Waals surface area contributed by atoms with Crippen LogP contribution >= 0.6 is 0 Å². The van der Waals surface area contributed by atoms with E-state index in [0.717, 1.165) is 61.3 Å². The Hall–Kier alpha value is -5.34. The Kier molecular flexibility index (Phi) is 8.47. The van der Waals surface area contributed by atoms with Gasteiger partial charge in [0.2, 0.25) is 0 Å². The highest BCUT2D eigenvalue weighted by Gasteiger charge is 2.15. The molecule has 0 aliphatic carbocycles. The van der Waals surface area contributed by atoms with Crippen molar-refractivity contribution in [2.24, 2.45) is 4.99 Å². The Bertz CT molecular complexity index is 1740. The van der Waals surface area contributed by atoms with E-state index in [-0.39, 0.29) is 0 Å². The van der Waals surface area contributed by atoms with Crippen LogP contribution in [0, 0.1) is 5.41 Å². The first kappa shape index (κ1) is 27.8. The van der Waals surface area contributed by atoms with Crippen molar-refractivity contribution in [3.8, 4) is 44.5 Å². The molecule has 6 aromatic carbocycles. The predicted molar refractivity (Wildman–Crippen MR) is 183 cm³/mol. The molecule has 1 N–H and O–H groups in total. The Balaban J connectivity index is 1.42. The maximum Gasteiger partial charge on any atom is 0.0480 e. The molecule has 6 aromatic rings. The third-order valence-electron chi connectivity index (χ3n) is 7.67. The average Bonchev–Trinajstić information content (AvgIpc) is 3.09. The molecule has 2 nitrogen and oxygen atoms in total. The standard InChI is InChI=1S/C41H34N2/c1-2-43-41(39-27-36(32-19-11-5-12-20-32)24-37(28-39)33-21-13-6-14-22-33)29-40(42)38-25-34(30-15-7-3-8-16-30)23-35(26-38)31-17-9-4-10-18-31/h3-28,42H,2,29H2,1H3. The van der Waals surface area contributed by atoms with Crippen LogP contribution in [0.4, 0.5) is 0 Å². The molecule has 0 bridgehead atoms. The lowest BCUT2D eigenvalue weighted by molar-refractivity contribution is 1.12. The third-order valence-corrected chi connectivity index (χ3v) is 7.67. The monoisotopic (exact) mass is 554 g/mol. The van der Waals surface area contributed by atoms with Crippen LogP contribution in [0.1, 0.15) is 24.5 Å². The highest BCUT2D eigenvalue weighted by molar-refractivity contribution is 6.18. The second kappa shape index (κ2) is 13.1. The van der Waals surface area contributed by atoms with Gasteiger partial charge in [0, 0.05) is 24.4 Å². The summed E-state index contributed by atoms with van der Waals surface area (Å²) in [5.74, 6) is 0. The summed E-state index contributed by atoms with van der Waals surface area (Å²) >= 11 is 0. The molecule has 6 rings (SSSR count). The van der Waals surface area contributed by atoms with Gasteiger partial charge in [0.25, 0.3) is 0 Å². The fourth-order valence-corrected chi connectivity index (χ4v) is 5.49. The van der Waals surface area contributed by atoms with Crippen LogP contribution in [0.2, 0.25) is 0 Å². The minimum Gasteiger partial charge on any atom is -0.304 e. The normalized spacial score (nSPS) is 11.3. The summed E-state index contributed by atoms with van der Waals surface area (Å²) in [6.45, 7) is 2.71. The molecule has 0 aliphatic rings. The second-order valence-electron chi connectivity index (χ2n) is 10.6. The molecule has 0 unspecified atom stereocenters. The van der Waals surface area contributed by atoms with E-state index in [4.69, 9.17) is 4.99 Å². The Morgan fingerprint density at radius 2 is 0.767 bits per heavy atom. The molecule has 208 valence electrons. The van der Waals surface area contributed by atoms with Gasteiger partial charge in [-0.05, 0) is 99.0 Å². The Morgan fingerprint density at radius 3 is 1.09 bits per heavy atom. The lowest BCUT2D eigenvalue weighted by Crippen LogP contribution is -2.11. The Labute approximate surface area is 254 Å². The van der Waals surface area contributed by atoms with Crippen LogP contribution in [0.5, 0.6) is 0 Å². The summed E-state index contributed by atoms with van der Waals surface area (Å²) in [6.07, 6.45) is 0.437. The van der Waals surface area contributed by atoms with Gasteiger partial charge in [-0.2, -0.15) is 0 Å². The molecule has 0 aromatic heterocycles. The minimum atomic E-state index is 0.437. The maximum atomic E-state index is 9.36. The van der Waals surface area contributed by atoms with Crippen LogP contribution in [0.15, 0.2) is 163 Å². The van der Waals surface area contributed by atoms with E-state index >= 15 is 0 Å². The number of benzene rings is 6. The zero-order chi connectivity index (χ0) is 29.4. The van der Waals surface area contributed by atoms with Gasteiger partial charge in [0.1, 0.15) is 0 Å². The van der Waals surface area contributed by atoms with Gasteiger partial charge < -0.3 is 5.41 Å². The van der Waals surface area contributed by atoms with E-state index in [0.29, 0.717) is 18.7 Å². The lowest BCUT2D eigenvalue weighted by Gasteiger charge is -2.15. The van der Waals surface area contributed by atoms with Crippen molar-refractivity contribution in [1.82, 2.24) is 0 Å². The van der Waals surface area contributed by atoms with Gasteiger partial charge >= 0.3 is 0 Å². The fourth-order valence-electron chi connectivity index (χ4n) is 5.49. The number of rotatable bonds is 9. The highest BCUT2D eigenvalue weighted by Crippen LogP contribution is 2.31. The molecule has 0 aliphatic heterocycles. The van der Waals surface area contributed by atoms with Crippen molar-refractivity contribution in [3.63, 3.8) is 0 Å². The van der Waals surface area contributed by atoms with Crippen molar-refractivity contribution in [2.75, 3.05) is 6.54 Å². The number of nitrogens with zero attached hydrogens (tertiary/aromatic N) is 1. The van der Waals surface area contributed by atoms with E-state index in [1.807, 2.05) is 24.3 Å². The first-order valence-electron chi connectivity index (χ1n) is 14.8. The van der Waals surface area contributed by atoms with Crippen molar-refractivity contribution in [2.45, 2.75) is 13.3 Å². The SMILES string of the molecule is CCN=C(CC(=N)c1cc(-c2ccccc2)cc(-c2ccccc2)c1)c1cc(-c2ccccc2)cc(-c2ccccc2)c1. The summed E-state index contributed by atoms with van der Waals surface area (Å²) < 4.78 is 0. The van der Waals surface area contributed by atoms with Gasteiger partial charge in [0.15, 0.2) is 0 Å². The molecule has 2 heteroatoms. The zero-order valence-corrected chi connectivity index (χ0v) is 24.4. The van der Waals surface area contributed by atoms with Crippen molar-refractivity contribution in [1.29, 1.82) is 5.41 Å². The summed E-state index contributed by atoms with van der Waals surface area (Å²) in [5, 5.41) is 9.36. The molecule has 0 saturated carbocycles. The highest BCUT2D eigenvalue weighted by atomic mass is 14.7. The predicted octanol–water partition coefficient (Wildman–Crippen LogP) is 10.6. The molecule has 0 fully saturated rings.